The molecular formula is C45H57N9O9. The average molecular weight is 868 g/mol. The second-order valence-electron chi connectivity index (χ2n) is 17.9. The number of rotatable bonds is 15. The fourth-order valence-electron chi connectivity index (χ4n) is 10.0. The molecule has 5 atom stereocenters. The molecule has 336 valence electrons. The Bertz CT molecular complexity index is 2230. The first kappa shape index (κ1) is 42.6. The average Bonchev–Trinajstić information content (AvgIpc) is 3.96. The van der Waals surface area contributed by atoms with Gasteiger partial charge < -0.3 is 54.5 Å². The number of phenols is 1. The number of para-hydroxylation sites is 1. The molecule has 3 aromatic heterocycles. The van der Waals surface area contributed by atoms with Gasteiger partial charge in [0.05, 0.1) is 29.7 Å². The Hall–Kier alpha value is -5.72. The molecule has 4 saturated heterocycles. The molecule has 1 amide bonds. The van der Waals surface area contributed by atoms with E-state index in [0.29, 0.717) is 54.0 Å². The minimum atomic E-state index is -1.14. The molecule has 1 aliphatic carbocycles. The summed E-state index contributed by atoms with van der Waals surface area (Å²) in [5.74, 6) is -0.719. The minimum absolute atomic E-state index is 0.00268. The number of aliphatic hydroxyl groups is 1. The van der Waals surface area contributed by atoms with E-state index in [4.69, 9.17) is 24.5 Å². The fraction of sp³-hybridized carbons (Fsp3) is 0.556. The van der Waals surface area contributed by atoms with Crippen LogP contribution in [0.15, 0.2) is 59.3 Å². The van der Waals surface area contributed by atoms with Crippen molar-refractivity contribution in [2.24, 2.45) is 5.92 Å². The lowest BCUT2D eigenvalue weighted by Gasteiger charge is -2.43. The van der Waals surface area contributed by atoms with E-state index in [1.807, 2.05) is 38.2 Å². The molecule has 4 aliphatic heterocycles. The van der Waals surface area contributed by atoms with E-state index >= 15 is 0 Å². The molecule has 7 heterocycles. The molecule has 2 bridgehead atoms. The number of nitrogens with zero attached hydrogens (tertiary/aromatic N) is 8. The van der Waals surface area contributed by atoms with Gasteiger partial charge in [-0.25, -0.2) is 9.78 Å². The monoisotopic (exact) mass is 867 g/mol. The Labute approximate surface area is 365 Å². The van der Waals surface area contributed by atoms with Crippen molar-refractivity contribution in [3.63, 3.8) is 0 Å². The Kier molecular flexibility index (Phi) is 12.3. The number of likely N-dealkylation sites (tertiary alicyclic amines) is 2. The number of carboxylic acids is 1. The molecule has 18 heteroatoms. The highest BCUT2D eigenvalue weighted by atomic mass is 16.5. The quantitative estimate of drug-likeness (QED) is 0.133. The maximum absolute atomic E-state index is 13.4. The largest absolute Gasteiger partial charge is 0.507 e. The van der Waals surface area contributed by atoms with Gasteiger partial charge in [-0.3, -0.25) is 9.69 Å². The first-order valence-electron chi connectivity index (χ1n) is 22.2. The fourth-order valence-corrected chi connectivity index (χ4v) is 10.0. The van der Waals surface area contributed by atoms with Crippen molar-refractivity contribution in [3.8, 4) is 28.8 Å². The second kappa shape index (κ2) is 18.2. The Morgan fingerprint density at radius 2 is 1.68 bits per heavy atom. The normalized spacial score (nSPS) is 25.6. The summed E-state index contributed by atoms with van der Waals surface area (Å²) in [4.78, 5) is 38.1. The lowest BCUT2D eigenvalue weighted by Crippen LogP contribution is -2.54. The van der Waals surface area contributed by atoms with Crippen molar-refractivity contribution in [2.75, 3.05) is 61.4 Å². The van der Waals surface area contributed by atoms with E-state index in [2.05, 4.69) is 47.2 Å². The highest BCUT2D eigenvalue weighted by Gasteiger charge is 2.44. The summed E-state index contributed by atoms with van der Waals surface area (Å²) in [6.07, 6.45) is 7.03. The zero-order chi connectivity index (χ0) is 43.8. The number of anilines is 3. The smallest absolute Gasteiger partial charge is 0.326 e. The van der Waals surface area contributed by atoms with Crippen molar-refractivity contribution in [1.82, 2.24) is 30.1 Å². The molecule has 5 aliphatic rings. The number of phenolic OH excluding ortho intramolecular Hbond substituents is 1. The Morgan fingerprint density at radius 3 is 2.41 bits per heavy atom. The van der Waals surface area contributed by atoms with Crippen LogP contribution in [0.3, 0.4) is 0 Å². The standard InChI is InChI=1S/C45H57N9O9/c1-26(2)42(44(57)53-25-30(55)18-37(53)45(58)59)39-22-41(50-63-39)60-16-15-51-13-10-31(11-14-51)61-32-19-33(20-32)62-40-17-27(9-12-47-40)54-28-7-8-29(54)24-52(23-28)36-21-35(48-49-43(36)46)34-5-3-4-6-38(34)56/h3-6,9,12,17,21-22,26,28-33,37,42,55-56H,7-8,10-11,13-16,18-20,23-25H2,1-2H3,(H2,46,49)(H,58,59)/t28?,29?,30-,32?,33?,37+,42-/m1/s1. The van der Waals surface area contributed by atoms with E-state index in [9.17, 15) is 24.9 Å². The van der Waals surface area contributed by atoms with Crippen molar-refractivity contribution in [2.45, 2.75) is 107 Å². The summed E-state index contributed by atoms with van der Waals surface area (Å²) in [5, 5.41) is 42.6. The summed E-state index contributed by atoms with van der Waals surface area (Å²) in [6.45, 7) is 8.15. The maximum atomic E-state index is 13.4. The number of hydrogen-bond acceptors (Lipinski definition) is 16. The molecule has 9 rings (SSSR count). The van der Waals surface area contributed by atoms with Crippen LogP contribution in [0.4, 0.5) is 17.2 Å². The summed E-state index contributed by atoms with van der Waals surface area (Å²) < 4.78 is 24.3. The van der Waals surface area contributed by atoms with Crippen LogP contribution >= 0.6 is 0 Å². The number of pyridine rings is 1. The lowest BCUT2D eigenvalue weighted by molar-refractivity contribution is -0.149. The van der Waals surface area contributed by atoms with E-state index in [1.165, 1.54) is 4.90 Å². The van der Waals surface area contributed by atoms with Gasteiger partial charge in [0.15, 0.2) is 11.6 Å². The lowest BCUT2D eigenvalue weighted by atomic mass is 9.91. The Morgan fingerprint density at radius 1 is 0.921 bits per heavy atom. The van der Waals surface area contributed by atoms with Gasteiger partial charge in [-0.2, -0.15) is 0 Å². The predicted molar refractivity (Wildman–Crippen MR) is 231 cm³/mol. The van der Waals surface area contributed by atoms with Crippen LogP contribution in [0.25, 0.3) is 11.3 Å². The molecule has 1 aromatic carbocycles. The number of benzene rings is 1. The van der Waals surface area contributed by atoms with Crippen LogP contribution in [0, 0.1) is 5.92 Å². The third-order valence-corrected chi connectivity index (χ3v) is 13.3. The SMILES string of the molecule is CC(C)[C@@H](C(=O)N1C[C@H](O)C[C@H]1C(=O)O)c1cc(OCCN2CCC(OC3CC(Oc4cc(N5C6CCC5CN(c5cc(-c7ccccc7O)nnc5N)C6)ccn4)C3)CC2)no1. The van der Waals surface area contributed by atoms with Gasteiger partial charge >= 0.3 is 5.97 Å². The van der Waals surface area contributed by atoms with E-state index in [1.54, 1.807) is 18.2 Å². The number of piperazine rings is 1. The summed E-state index contributed by atoms with van der Waals surface area (Å²) >= 11 is 0. The minimum Gasteiger partial charge on any atom is -0.507 e. The molecule has 1 saturated carbocycles. The number of nitrogen functional groups attached to an aromatic ring is 1. The van der Waals surface area contributed by atoms with Crippen LogP contribution < -0.4 is 25.0 Å². The molecule has 0 spiro atoms. The molecule has 18 nitrogen and oxygen atoms in total. The van der Waals surface area contributed by atoms with Crippen molar-refractivity contribution in [1.29, 1.82) is 0 Å². The van der Waals surface area contributed by atoms with Gasteiger partial charge in [0, 0.05) is 100 Å². The van der Waals surface area contributed by atoms with Gasteiger partial charge in [0.25, 0.3) is 5.88 Å². The molecule has 0 radical (unpaired) electrons. The summed E-state index contributed by atoms with van der Waals surface area (Å²) in [5.41, 5.74) is 9.53. The highest BCUT2D eigenvalue weighted by Crippen LogP contribution is 2.40. The topological polar surface area (TPSA) is 226 Å². The number of aliphatic hydroxyl groups excluding tert-OH is 1. The number of piperidine rings is 1. The number of carbonyl (C=O) groups is 2. The molecule has 5 fully saturated rings. The molecule has 5 N–H and O–H groups in total. The van der Waals surface area contributed by atoms with Gasteiger partial charge in [-0.15, -0.1) is 10.2 Å². The zero-order valence-corrected chi connectivity index (χ0v) is 35.7. The number of aromatic hydroxyl groups is 1. The van der Waals surface area contributed by atoms with Crippen molar-refractivity contribution >= 4 is 29.1 Å². The number of β-amino-alcohol motifs (C(OH)–C–C–N with tert-alkyl or cyclic N) is 1. The van der Waals surface area contributed by atoms with Crippen LogP contribution in [0.1, 0.15) is 70.5 Å². The number of nitrogens with two attached hydrogens (primary N) is 1. The number of carbonyl (C=O) groups excluding carboxylic acids is 1. The third-order valence-electron chi connectivity index (χ3n) is 13.3. The number of aliphatic carboxylic acids is 1. The predicted octanol–water partition coefficient (Wildman–Crippen LogP) is 3.93. The first-order valence-corrected chi connectivity index (χ1v) is 22.2. The number of ether oxygens (including phenoxy) is 3. The van der Waals surface area contributed by atoms with Crippen LogP contribution in [-0.4, -0.2) is 146 Å². The third kappa shape index (κ3) is 9.20. The molecular weight excluding hydrogens is 811 g/mol. The first-order chi connectivity index (χ1) is 30.5. The number of aromatic nitrogens is 4. The summed E-state index contributed by atoms with van der Waals surface area (Å²) in [7, 11) is 0. The van der Waals surface area contributed by atoms with E-state index < -0.39 is 29.9 Å². The molecule has 4 aromatic rings. The molecule has 2 unspecified atom stereocenters. The van der Waals surface area contributed by atoms with Gasteiger partial charge in [0.1, 0.15) is 30.4 Å². The van der Waals surface area contributed by atoms with Crippen molar-refractivity contribution in [3.05, 3.63) is 60.5 Å². The number of fused-ring (bicyclic) bond motifs is 2. The Balaban J connectivity index is 0.697. The van der Waals surface area contributed by atoms with Gasteiger partial charge in [-0.05, 0) is 61.0 Å². The van der Waals surface area contributed by atoms with Crippen LogP contribution in [0.5, 0.6) is 17.5 Å². The van der Waals surface area contributed by atoms with Crippen LogP contribution in [-0.2, 0) is 14.3 Å². The number of amides is 1. The summed E-state index contributed by atoms with van der Waals surface area (Å²) in [6, 6.07) is 14.3. The second-order valence-corrected chi connectivity index (χ2v) is 17.9. The number of hydrogen-bond donors (Lipinski definition) is 4. The molecule has 63 heavy (non-hydrogen) atoms. The van der Waals surface area contributed by atoms with Crippen molar-refractivity contribution < 1.29 is 43.6 Å². The van der Waals surface area contributed by atoms with Crippen LogP contribution in [0.2, 0.25) is 0 Å². The maximum Gasteiger partial charge on any atom is 0.326 e. The van der Waals surface area contributed by atoms with E-state index in [0.717, 1.165) is 76.1 Å². The van der Waals surface area contributed by atoms with Gasteiger partial charge in [-0.1, -0.05) is 26.0 Å². The number of carboxylic acid groups (broad SMARTS) is 1. The van der Waals surface area contributed by atoms with E-state index in [-0.39, 0.29) is 48.8 Å². The zero-order valence-electron chi connectivity index (χ0n) is 35.7. The highest BCUT2D eigenvalue weighted by molar-refractivity contribution is 5.88. The van der Waals surface area contributed by atoms with Gasteiger partial charge in [0.2, 0.25) is 11.8 Å².